The van der Waals surface area contributed by atoms with E-state index in [1.54, 1.807) is 6.07 Å². The number of carbonyl (C=O) groups is 2. The molecule has 0 spiro atoms. The lowest BCUT2D eigenvalue weighted by atomic mass is 9.87. The van der Waals surface area contributed by atoms with Crippen molar-refractivity contribution in [3.05, 3.63) is 33.4 Å². The van der Waals surface area contributed by atoms with Crippen LogP contribution in [0.2, 0.25) is 0 Å². The van der Waals surface area contributed by atoms with E-state index in [0.29, 0.717) is 10.4 Å². The highest BCUT2D eigenvalue weighted by Crippen LogP contribution is 2.40. The molecule has 0 aromatic carbocycles. The molecule has 0 saturated carbocycles. The molecular weight excluding hydrogens is 216 g/mol. The quantitative estimate of drug-likeness (QED) is 0.676. The summed E-state index contributed by atoms with van der Waals surface area (Å²) in [5.41, 5.74) is 0.623. The Morgan fingerprint density at radius 2 is 2.07 bits per heavy atom. The monoisotopic (exact) mass is 222 g/mol. The van der Waals surface area contributed by atoms with Gasteiger partial charge in [-0.3, -0.25) is 9.59 Å². The van der Waals surface area contributed by atoms with Crippen molar-refractivity contribution < 1.29 is 9.59 Å². The van der Waals surface area contributed by atoms with Gasteiger partial charge in [0.1, 0.15) is 0 Å². The molecule has 4 heteroatoms. The topological polar surface area (TPSA) is 34.1 Å². The van der Waals surface area contributed by atoms with Crippen molar-refractivity contribution in [3.8, 4) is 0 Å². The van der Waals surface area contributed by atoms with Crippen LogP contribution in [-0.4, -0.2) is 16.8 Å². The molecule has 2 atom stereocenters. The molecule has 0 radical (unpaired) electrons. The molecule has 2 aliphatic rings. The summed E-state index contributed by atoms with van der Waals surface area (Å²) in [6.07, 6.45) is 1.85. The summed E-state index contributed by atoms with van der Waals surface area (Å²) in [6, 6.07) is 1.76. The van der Waals surface area contributed by atoms with Crippen molar-refractivity contribution in [1.82, 2.24) is 0 Å². The van der Waals surface area contributed by atoms with E-state index < -0.39 is 0 Å². The van der Waals surface area contributed by atoms with E-state index >= 15 is 0 Å². The summed E-state index contributed by atoms with van der Waals surface area (Å²) in [5, 5.41) is 3.49. The lowest BCUT2D eigenvalue weighted by molar-refractivity contribution is 0.0865. The number of fused-ring (bicyclic) bond motifs is 2. The van der Waals surface area contributed by atoms with E-state index in [1.165, 1.54) is 23.1 Å². The molecule has 0 bridgehead atoms. The molecule has 2 nitrogen and oxygen atoms in total. The van der Waals surface area contributed by atoms with Gasteiger partial charge in [0.2, 0.25) is 0 Å². The zero-order chi connectivity index (χ0) is 9.71. The van der Waals surface area contributed by atoms with E-state index in [9.17, 15) is 9.59 Å². The van der Waals surface area contributed by atoms with Gasteiger partial charge in [-0.05, 0) is 16.9 Å². The molecule has 0 saturated heterocycles. The smallest absolute Gasteiger partial charge is 0.181 e. The summed E-state index contributed by atoms with van der Waals surface area (Å²) in [6.45, 7) is 0. The third-order valence-electron chi connectivity index (χ3n) is 2.55. The van der Waals surface area contributed by atoms with E-state index in [2.05, 4.69) is 0 Å². The summed E-state index contributed by atoms with van der Waals surface area (Å²) < 4.78 is 0. The Morgan fingerprint density at radius 1 is 1.21 bits per heavy atom. The Balaban J connectivity index is 2.20. The Morgan fingerprint density at radius 3 is 2.93 bits per heavy atom. The van der Waals surface area contributed by atoms with Crippen LogP contribution in [0.25, 0.3) is 0 Å². The first kappa shape index (κ1) is 8.44. The number of Topliss-reactive ketones (excluding diaryl/α,β-unsaturated/α-hetero) is 2. The Bertz CT molecular complexity index is 458. The highest BCUT2D eigenvalue weighted by molar-refractivity contribution is 8.03. The zero-order valence-electron chi connectivity index (χ0n) is 7.10. The molecule has 3 rings (SSSR count). The van der Waals surface area contributed by atoms with Crippen molar-refractivity contribution in [1.29, 1.82) is 0 Å². The van der Waals surface area contributed by atoms with Gasteiger partial charge in [-0.15, -0.1) is 23.1 Å². The van der Waals surface area contributed by atoms with Gasteiger partial charge in [0, 0.05) is 5.56 Å². The average Bonchev–Trinajstić information content (AvgIpc) is 2.82. The van der Waals surface area contributed by atoms with E-state index in [-0.39, 0.29) is 22.7 Å². The minimum atomic E-state index is -0.210. The first-order valence-corrected chi connectivity index (χ1v) is 6.09. The summed E-state index contributed by atoms with van der Waals surface area (Å²) in [5.74, 6) is 0.0142. The second-order valence-electron chi connectivity index (χ2n) is 3.30. The van der Waals surface area contributed by atoms with Crippen LogP contribution in [0.3, 0.4) is 0 Å². The number of ketones is 2. The van der Waals surface area contributed by atoms with Crippen LogP contribution in [0.4, 0.5) is 0 Å². The minimum absolute atomic E-state index is 0.112. The number of allylic oxidation sites excluding steroid dienone is 1. The molecule has 2 unspecified atom stereocenters. The van der Waals surface area contributed by atoms with Gasteiger partial charge >= 0.3 is 0 Å². The van der Waals surface area contributed by atoms with Gasteiger partial charge in [-0.1, -0.05) is 6.08 Å². The lowest BCUT2D eigenvalue weighted by Crippen LogP contribution is -2.34. The zero-order valence-corrected chi connectivity index (χ0v) is 8.73. The summed E-state index contributed by atoms with van der Waals surface area (Å²) >= 11 is 2.83. The van der Waals surface area contributed by atoms with Crippen molar-refractivity contribution in [2.75, 3.05) is 0 Å². The molecule has 0 N–H and O–H groups in total. The van der Waals surface area contributed by atoms with Crippen LogP contribution in [0, 0.1) is 5.92 Å². The normalized spacial score (nSPS) is 29.1. The summed E-state index contributed by atoms with van der Waals surface area (Å²) in [4.78, 5) is 24.4. The van der Waals surface area contributed by atoms with Crippen molar-refractivity contribution in [3.63, 3.8) is 0 Å². The fraction of sp³-hybridized carbons (Fsp3) is 0.200. The predicted octanol–water partition coefficient (Wildman–Crippen LogP) is 2.37. The van der Waals surface area contributed by atoms with E-state index in [1.807, 2.05) is 16.9 Å². The van der Waals surface area contributed by atoms with E-state index in [0.717, 1.165) is 0 Å². The third kappa shape index (κ3) is 0.925. The molecule has 0 amide bonds. The third-order valence-corrected chi connectivity index (χ3v) is 4.60. The molecule has 1 aromatic heterocycles. The first-order valence-electron chi connectivity index (χ1n) is 4.27. The Kier molecular flexibility index (Phi) is 1.69. The van der Waals surface area contributed by atoms with Gasteiger partial charge in [-0.2, -0.15) is 0 Å². The van der Waals surface area contributed by atoms with Crippen LogP contribution in [0.5, 0.6) is 0 Å². The van der Waals surface area contributed by atoms with Crippen LogP contribution in [-0.2, 0) is 0 Å². The Labute approximate surface area is 89.0 Å². The predicted molar refractivity (Wildman–Crippen MR) is 57.0 cm³/mol. The fourth-order valence-corrected chi connectivity index (χ4v) is 3.80. The van der Waals surface area contributed by atoms with Gasteiger partial charge in [0.05, 0.1) is 16.0 Å². The maximum Gasteiger partial charge on any atom is 0.181 e. The van der Waals surface area contributed by atoms with E-state index in [4.69, 9.17) is 0 Å². The Hall–Kier alpha value is -0.870. The van der Waals surface area contributed by atoms with Gasteiger partial charge in [0.25, 0.3) is 0 Å². The molecule has 1 aliphatic heterocycles. The van der Waals surface area contributed by atoms with Crippen LogP contribution in [0.15, 0.2) is 22.9 Å². The van der Waals surface area contributed by atoms with Gasteiger partial charge in [0.15, 0.2) is 11.6 Å². The number of thiophene rings is 1. The van der Waals surface area contributed by atoms with Crippen molar-refractivity contribution >= 4 is 34.7 Å². The van der Waals surface area contributed by atoms with Crippen LogP contribution >= 0.6 is 23.1 Å². The fourth-order valence-electron chi connectivity index (χ4n) is 1.85. The molecule has 0 fully saturated rings. The van der Waals surface area contributed by atoms with Crippen molar-refractivity contribution in [2.24, 2.45) is 5.92 Å². The SMILES string of the molecule is O=C1c2sccc2C(=O)C2SC=CC12. The second kappa shape index (κ2) is 2.81. The lowest BCUT2D eigenvalue weighted by Gasteiger charge is -2.21. The molecular formula is C10H6O2S2. The number of carbonyl (C=O) groups excluding carboxylic acids is 2. The second-order valence-corrected chi connectivity index (χ2v) is 5.27. The number of hydrogen-bond donors (Lipinski definition) is 0. The largest absolute Gasteiger partial charge is 0.293 e. The molecule has 1 aliphatic carbocycles. The van der Waals surface area contributed by atoms with Crippen LogP contribution < -0.4 is 0 Å². The first-order chi connectivity index (χ1) is 6.79. The van der Waals surface area contributed by atoms with Crippen molar-refractivity contribution in [2.45, 2.75) is 5.25 Å². The highest BCUT2D eigenvalue weighted by atomic mass is 32.2. The molecule has 70 valence electrons. The van der Waals surface area contributed by atoms with Gasteiger partial charge < -0.3 is 0 Å². The number of thioether (sulfide) groups is 1. The van der Waals surface area contributed by atoms with Crippen LogP contribution in [0.1, 0.15) is 20.0 Å². The number of hydrogen-bond acceptors (Lipinski definition) is 4. The highest BCUT2D eigenvalue weighted by Gasteiger charge is 2.42. The molecule has 14 heavy (non-hydrogen) atoms. The van der Waals surface area contributed by atoms with Gasteiger partial charge in [-0.25, -0.2) is 0 Å². The standard InChI is InChI=1S/C10H6O2S2/c11-7-5-1-3-13-9(5)8(12)6-2-4-14-10(6)7/h1-5,9H. The maximum atomic E-state index is 11.9. The summed E-state index contributed by atoms with van der Waals surface area (Å²) in [7, 11) is 0. The molecule has 1 aromatic rings. The maximum absolute atomic E-state index is 11.9. The molecule has 2 heterocycles. The average molecular weight is 222 g/mol. The minimum Gasteiger partial charge on any atom is -0.293 e. The number of rotatable bonds is 0.